The summed E-state index contributed by atoms with van der Waals surface area (Å²) in [4.78, 5) is 24.4. The molecule has 2 rings (SSSR count). The molecule has 0 N–H and O–H groups in total. The lowest BCUT2D eigenvalue weighted by molar-refractivity contribution is -0.144. The van der Waals surface area contributed by atoms with Crippen LogP contribution >= 0.6 is 0 Å². The molecule has 188 valence electrons. The number of ether oxygens (including phenoxy) is 3. The fraction of sp³-hybridized carbons (Fsp3) is 0.400. The summed E-state index contributed by atoms with van der Waals surface area (Å²) in [6.45, 7) is 13.4. The maximum Gasteiger partial charge on any atom is 0.384 e. The molecular weight excluding hydrogens is 440 g/mol. The van der Waals surface area contributed by atoms with Gasteiger partial charge in [-0.3, -0.25) is 4.79 Å². The zero-order chi connectivity index (χ0) is 26.2. The number of carbonyl (C=O) groups excluding carboxylic acids is 2. The third-order valence-corrected chi connectivity index (χ3v) is 5.63. The Hall–Kier alpha value is -3.34. The van der Waals surface area contributed by atoms with Gasteiger partial charge in [0.25, 0.3) is 5.78 Å². The summed E-state index contributed by atoms with van der Waals surface area (Å²) in [7, 11) is 3.16. The van der Waals surface area contributed by atoms with Crippen molar-refractivity contribution in [1.29, 1.82) is 0 Å². The number of carbonyl (C=O) groups is 2. The van der Waals surface area contributed by atoms with Crippen LogP contribution in [0, 0.1) is 10.8 Å². The van der Waals surface area contributed by atoms with E-state index in [4.69, 9.17) is 14.2 Å². The standard InChI is InChI=1S/C30H38O5/c1-29(2,3)20-25(30(4,5)6)21-13-16-23(17-14-21)35-28(32)26(31)12-10-9-11-22-15-18-24(33-7)19-27(22)34-8/h9-19,25H,20H2,1-8H3/b11-9+,12-10+. The average Bonchev–Trinajstić information content (AvgIpc) is 2.79. The Bertz CT molecular complexity index is 1060. The molecular formula is C30H38O5. The van der Waals surface area contributed by atoms with Gasteiger partial charge in [0.2, 0.25) is 0 Å². The summed E-state index contributed by atoms with van der Waals surface area (Å²) in [5.74, 6) is 0.366. The molecule has 5 nitrogen and oxygen atoms in total. The molecule has 0 aromatic heterocycles. The highest BCUT2D eigenvalue weighted by Crippen LogP contribution is 2.43. The molecule has 0 bridgehead atoms. The van der Waals surface area contributed by atoms with E-state index < -0.39 is 11.8 Å². The van der Waals surface area contributed by atoms with Gasteiger partial charge < -0.3 is 14.2 Å². The highest BCUT2D eigenvalue weighted by molar-refractivity contribution is 6.38. The number of ketones is 1. The quantitative estimate of drug-likeness (QED) is 0.127. The Labute approximate surface area is 209 Å². The van der Waals surface area contributed by atoms with E-state index in [1.54, 1.807) is 44.6 Å². The normalized spacial score (nSPS) is 13.1. The number of rotatable bonds is 9. The highest BCUT2D eigenvalue weighted by atomic mass is 16.5. The van der Waals surface area contributed by atoms with Crippen LogP contribution in [0.15, 0.2) is 60.7 Å². The van der Waals surface area contributed by atoms with Crippen molar-refractivity contribution in [2.24, 2.45) is 10.8 Å². The second-order valence-electron chi connectivity index (χ2n) is 10.8. The first-order valence-corrected chi connectivity index (χ1v) is 11.8. The SMILES string of the molecule is COc1ccc(/C=C/C=C/C(=O)C(=O)Oc2ccc(C(CC(C)(C)C)C(C)(C)C)cc2)c(OC)c1. The van der Waals surface area contributed by atoms with Crippen LogP contribution in [0.4, 0.5) is 0 Å². The average molecular weight is 479 g/mol. The van der Waals surface area contributed by atoms with Gasteiger partial charge in [-0.1, -0.05) is 71.9 Å². The molecule has 0 aliphatic carbocycles. The Kier molecular flexibility index (Phi) is 9.47. The van der Waals surface area contributed by atoms with Gasteiger partial charge in [0.15, 0.2) is 0 Å². The number of esters is 1. The maximum absolute atomic E-state index is 12.2. The van der Waals surface area contributed by atoms with Crippen LogP contribution in [-0.4, -0.2) is 26.0 Å². The van der Waals surface area contributed by atoms with E-state index in [-0.39, 0.29) is 10.8 Å². The fourth-order valence-electron chi connectivity index (χ4n) is 3.79. The van der Waals surface area contributed by atoms with Crippen LogP contribution in [0.2, 0.25) is 0 Å². The van der Waals surface area contributed by atoms with Crippen molar-refractivity contribution < 1.29 is 23.8 Å². The number of hydrogen-bond donors (Lipinski definition) is 0. The van der Waals surface area contributed by atoms with Crippen LogP contribution in [0.3, 0.4) is 0 Å². The molecule has 0 saturated heterocycles. The molecule has 0 radical (unpaired) electrons. The number of benzene rings is 2. The van der Waals surface area contributed by atoms with Crippen molar-refractivity contribution in [3.8, 4) is 17.2 Å². The number of allylic oxidation sites excluding steroid dienone is 2. The topological polar surface area (TPSA) is 61.8 Å². The van der Waals surface area contributed by atoms with Crippen molar-refractivity contribution in [3.63, 3.8) is 0 Å². The molecule has 1 atom stereocenters. The molecule has 0 aliphatic heterocycles. The Morgan fingerprint density at radius 1 is 0.857 bits per heavy atom. The van der Waals surface area contributed by atoms with E-state index in [1.807, 2.05) is 24.3 Å². The molecule has 0 aliphatic rings. The molecule has 0 saturated carbocycles. The first-order chi connectivity index (χ1) is 16.3. The summed E-state index contributed by atoms with van der Waals surface area (Å²) in [6, 6.07) is 12.9. The first kappa shape index (κ1) is 27.9. The van der Waals surface area contributed by atoms with E-state index in [0.717, 1.165) is 12.0 Å². The Morgan fingerprint density at radius 3 is 2.03 bits per heavy atom. The van der Waals surface area contributed by atoms with Gasteiger partial charge in [-0.05, 0) is 59.1 Å². The molecule has 1 unspecified atom stereocenters. The van der Waals surface area contributed by atoms with Crippen molar-refractivity contribution >= 4 is 17.8 Å². The van der Waals surface area contributed by atoms with E-state index >= 15 is 0 Å². The molecule has 2 aromatic rings. The lowest BCUT2D eigenvalue weighted by Crippen LogP contribution is -2.24. The molecule has 2 aromatic carbocycles. The molecule has 5 heteroatoms. The van der Waals surface area contributed by atoms with Gasteiger partial charge in [0.1, 0.15) is 17.2 Å². The minimum absolute atomic E-state index is 0.0928. The van der Waals surface area contributed by atoms with Gasteiger partial charge >= 0.3 is 5.97 Å². The van der Waals surface area contributed by atoms with Gasteiger partial charge in [0, 0.05) is 11.6 Å². The van der Waals surface area contributed by atoms with Gasteiger partial charge in [-0.2, -0.15) is 0 Å². The summed E-state index contributed by atoms with van der Waals surface area (Å²) < 4.78 is 15.8. The van der Waals surface area contributed by atoms with E-state index in [9.17, 15) is 9.59 Å². The third kappa shape index (κ3) is 8.75. The zero-order valence-corrected chi connectivity index (χ0v) is 22.2. The Balaban J connectivity index is 2.02. The minimum Gasteiger partial charge on any atom is -0.497 e. The van der Waals surface area contributed by atoms with Crippen LogP contribution in [-0.2, 0) is 9.59 Å². The smallest absolute Gasteiger partial charge is 0.384 e. The van der Waals surface area contributed by atoms with Gasteiger partial charge in [-0.15, -0.1) is 0 Å². The number of hydrogen-bond acceptors (Lipinski definition) is 5. The molecule has 0 spiro atoms. The van der Waals surface area contributed by atoms with Crippen molar-refractivity contribution in [2.75, 3.05) is 14.2 Å². The monoisotopic (exact) mass is 478 g/mol. The predicted molar refractivity (Wildman–Crippen MR) is 141 cm³/mol. The lowest BCUT2D eigenvalue weighted by Gasteiger charge is -2.36. The van der Waals surface area contributed by atoms with Crippen LogP contribution in [0.1, 0.15) is 65.0 Å². The molecule has 35 heavy (non-hydrogen) atoms. The summed E-state index contributed by atoms with van der Waals surface area (Å²) in [5, 5.41) is 0. The summed E-state index contributed by atoms with van der Waals surface area (Å²) in [5.41, 5.74) is 2.29. The minimum atomic E-state index is -0.925. The number of methoxy groups -OCH3 is 2. The second-order valence-corrected chi connectivity index (χ2v) is 10.8. The largest absolute Gasteiger partial charge is 0.497 e. The first-order valence-electron chi connectivity index (χ1n) is 11.8. The predicted octanol–water partition coefficient (Wildman–Crippen LogP) is 7.01. The van der Waals surface area contributed by atoms with Crippen molar-refractivity contribution in [3.05, 3.63) is 71.8 Å². The van der Waals surface area contributed by atoms with Crippen molar-refractivity contribution in [2.45, 2.75) is 53.9 Å². The van der Waals surface area contributed by atoms with E-state index in [1.165, 1.54) is 17.7 Å². The summed E-state index contributed by atoms with van der Waals surface area (Å²) >= 11 is 0. The van der Waals surface area contributed by atoms with Crippen LogP contribution in [0.25, 0.3) is 6.08 Å². The van der Waals surface area contributed by atoms with Gasteiger partial charge in [0.05, 0.1) is 14.2 Å². The van der Waals surface area contributed by atoms with E-state index in [2.05, 4.69) is 41.5 Å². The third-order valence-electron chi connectivity index (χ3n) is 5.63. The zero-order valence-electron chi connectivity index (χ0n) is 22.2. The maximum atomic E-state index is 12.2. The Morgan fingerprint density at radius 2 is 1.49 bits per heavy atom. The highest BCUT2D eigenvalue weighted by Gasteiger charge is 2.30. The molecule has 0 fully saturated rings. The lowest BCUT2D eigenvalue weighted by atomic mass is 9.69. The fourth-order valence-corrected chi connectivity index (χ4v) is 3.79. The van der Waals surface area contributed by atoms with Crippen molar-refractivity contribution in [1.82, 2.24) is 0 Å². The van der Waals surface area contributed by atoms with Crippen LogP contribution < -0.4 is 14.2 Å². The summed E-state index contributed by atoms with van der Waals surface area (Å²) in [6.07, 6.45) is 7.15. The molecule has 0 heterocycles. The van der Waals surface area contributed by atoms with Crippen LogP contribution in [0.5, 0.6) is 17.2 Å². The molecule has 0 amide bonds. The van der Waals surface area contributed by atoms with E-state index in [0.29, 0.717) is 23.2 Å². The second kappa shape index (κ2) is 11.9. The van der Waals surface area contributed by atoms with Gasteiger partial charge in [-0.25, -0.2) is 4.79 Å².